The van der Waals surface area contributed by atoms with Gasteiger partial charge in [-0.2, -0.15) is 0 Å². The third kappa shape index (κ3) is 5.61. The number of hydrogen-bond acceptors (Lipinski definition) is 3. The zero-order valence-corrected chi connectivity index (χ0v) is 38.8. The van der Waals surface area contributed by atoms with Crippen LogP contribution in [0.2, 0.25) is 0 Å². The summed E-state index contributed by atoms with van der Waals surface area (Å²) in [6.07, 6.45) is 0. The van der Waals surface area contributed by atoms with Crippen molar-refractivity contribution in [1.82, 2.24) is 0 Å². The summed E-state index contributed by atoms with van der Waals surface area (Å²) in [5, 5.41) is 2.61. The molecule has 1 unspecified atom stereocenters. The van der Waals surface area contributed by atoms with Crippen molar-refractivity contribution in [3.8, 4) is 78.3 Å². The van der Waals surface area contributed by atoms with Gasteiger partial charge in [-0.05, 0) is 145 Å². The first-order chi connectivity index (χ1) is 34.7. The standard InChI is InChI=1S/C67H41NOS/c1-2-16-42(17-3-1)43-30-32-44(33-31-43)68(45-34-36-49-53-22-8-13-27-63(53)69-64-28-14-9-23-54(64)56(49)38-45)46-35-37-52-48-19-5-4-18-47(48)50-20-6-11-25-59(50)67(61(52)39-46)60-26-12-7-21-51(60)57-41-66-58(40-62(57)67)55-24-10-15-29-65(55)70-66/h1-41H. The summed E-state index contributed by atoms with van der Waals surface area (Å²) in [5.74, 6) is 1.70. The van der Waals surface area contributed by atoms with E-state index < -0.39 is 5.41 Å². The fourth-order valence-corrected chi connectivity index (χ4v) is 13.2. The van der Waals surface area contributed by atoms with Gasteiger partial charge in [0.2, 0.25) is 0 Å². The Morgan fingerprint density at radius 1 is 0.286 bits per heavy atom. The Balaban J connectivity index is 1.04. The lowest BCUT2D eigenvalue weighted by Gasteiger charge is -2.36. The minimum atomic E-state index is -0.666. The third-order valence-corrected chi connectivity index (χ3v) is 16.2. The first kappa shape index (κ1) is 39.3. The molecular weight excluding hydrogens is 867 g/mol. The van der Waals surface area contributed by atoms with E-state index >= 15 is 0 Å². The number of anilines is 3. The molecule has 326 valence electrons. The number of nitrogens with zero attached hydrogens (tertiary/aromatic N) is 1. The van der Waals surface area contributed by atoms with Crippen LogP contribution in [0.4, 0.5) is 17.1 Å². The maximum atomic E-state index is 6.68. The van der Waals surface area contributed by atoms with Crippen molar-refractivity contribution >= 4 is 48.6 Å². The molecule has 0 amide bonds. The monoisotopic (exact) mass is 907 g/mol. The average molecular weight is 908 g/mol. The Morgan fingerprint density at radius 2 is 0.771 bits per heavy atom. The molecule has 1 atom stereocenters. The Hall–Kier alpha value is -8.76. The normalized spacial score (nSPS) is 14.5. The number of hydrogen-bond donors (Lipinski definition) is 0. The number of para-hydroxylation sites is 2. The maximum Gasteiger partial charge on any atom is 0.135 e. The highest BCUT2D eigenvalue weighted by molar-refractivity contribution is 7.25. The van der Waals surface area contributed by atoms with Crippen LogP contribution in [-0.2, 0) is 5.41 Å². The van der Waals surface area contributed by atoms with Gasteiger partial charge in [-0.1, -0.05) is 182 Å². The molecule has 0 radical (unpaired) electrons. The van der Waals surface area contributed by atoms with Crippen LogP contribution in [0.15, 0.2) is 249 Å². The topological polar surface area (TPSA) is 12.5 Å². The minimum absolute atomic E-state index is 0.666. The third-order valence-electron chi connectivity index (χ3n) is 15.1. The second-order valence-electron chi connectivity index (χ2n) is 18.7. The van der Waals surface area contributed by atoms with E-state index in [-0.39, 0.29) is 0 Å². The average Bonchev–Trinajstić information content (AvgIpc) is 3.85. The van der Waals surface area contributed by atoms with Crippen LogP contribution in [0.1, 0.15) is 22.3 Å². The smallest absolute Gasteiger partial charge is 0.135 e. The van der Waals surface area contributed by atoms with Gasteiger partial charge in [-0.15, -0.1) is 11.3 Å². The Morgan fingerprint density at radius 3 is 1.49 bits per heavy atom. The molecule has 2 aliphatic carbocycles. The fraction of sp³-hybridized carbons (Fsp3) is 0.0149. The number of thiophene rings is 1. The molecule has 1 aromatic heterocycles. The van der Waals surface area contributed by atoms with Gasteiger partial charge in [0.25, 0.3) is 0 Å². The summed E-state index contributed by atoms with van der Waals surface area (Å²) in [6, 6.07) is 92.2. The van der Waals surface area contributed by atoms with Gasteiger partial charge in [0, 0.05) is 48.4 Å². The van der Waals surface area contributed by atoms with E-state index in [9.17, 15) is 0 Å². The summed E-state index contributed by atoms with van der Waals surface area (Å²) in [5.41, 5.74) is 22.1. The van der Waals surface area contributed by atoms with Crippen molar-refractivity contribution in [2.45, 2.75) is 5.41 Å². The zero-order chi connectivity index (χ0) is 45.9. The van der Waals surface area contributed by atoms with Gasteiger partial charge in [0.1, 0.15) is 11.5 Å². The zero-order valence-electron chi connectivity index (χ0n) is 37.9. The molecule has 2 heterocycles. The molecule has 12 aromatic rings. The number of ether oxygens (including phenoxy) is 1. The molecule has 0 fully saturated rings. The predicted octanol–water partition coefficient (Wildman–Crippen LogP) is 18.6. The number of benzene rings is 11. The Bertz CT molecular complexity index is 4110. The second kappa shape index (κ2) is 15.1. The molecule has 0 bridgehead atoms. The molecule has 0 saturated carbocycles. The minimum Gasteiger partial charge on any atom is -0.456 e. The van der Waals surface area contributed by atoms with Gasteiger partial charge < -0.3 is 9.64 Å². The molecule has 0 N–H and O–H groups in total. The van der Waals surface area contributed by atoms with Crippen LogP contribution in [-0.4, -0.2) is 0 Å². The molecule has 11 aromatic carbocycles. The summed E-state index contributed by atoms with van der Waals surface area (Å²) >= 11 is 1.89. The molecule has 3 aliphatic rings. The van der Waals surface area contributed by atoms with E-state index in [1.165, 1.54) is 86.9 Å². The highest BCUT2D eigenvalue weighted by atomic mass is 32.1. The van der Waals surface area contributed by atoms with E-state index in [0.29, 0.717) is 0 Å². The molecule has 15 rings (SSSR count). The molecule has 3 heteroatoms. The summed E-state index contributed by atoms with van der Waals surface area (Å²) in [7, 11) is 0. The largest absolute Gasteiger partial charge is 0.456 e. The van der Waals surface area contributed by atoms with Crippen LogP contribution in [0.3, 0.4) is 0 Å². The van der Waals surface area contributed by atoms with Gasteiger partial charge in [-0.25, -0.2) is 0 Å². The van der Waals surface area contributed by atoms with Crippen molar-refractivity contribution in [1.29, 1.82) is 0 Å². The van der Waals surface area contributed by atoms with Crippen LogP contribution in [0.25, 0.3) is 86.9 Å². The van der Waals surface area contributed by atoms with Crippen LogP contribution in [0.5, 0.6) is 11.5 Å². The van der Waals surface area contributed by atoms with Crippen molar-refractivity contribution < 1.29 is 4.74 Å². The summed E-state index contributed by atoms with van der Waals surface area (Å²) < 4.78 is 9.31. The highest BCUT2D eigenvalue weighted by Crippen LogP contribution is 2.63. The van der Waals surface area contributed by atoms with Gasteiger partial charge in [-0.3, -0.25) is 0 Å². The first-order valence-corrected chi connectivity index (χ1v) is 24.9. The van der Waals surface area contributed by atoms with Gasteiger partial charge in [0.15, 0.2) is 0 Å². The lowest BCUT2D eigenvalue weighted by molar-refractivity contribution is 0.488. The SMILES string of the molecule is c1ccc(-c2ccc(N(c3ccc4c(c3)-c3ccccc3Oc3ccccc3-4)c3ccc4c(c3)C3(c5ccccc5-c5ccccc5-4)c4ccccc4-c4cc5sc6ccccc6c5cc43)cc2)cc1. The van der Waals surface area contributed by atoms with E-state index in [2.05, 4.69) is 254 Å². The molecular formula is C67H41NOS. The van der Waals surface area contributed by atoms with Crippen molar-refractivity contribution in [3.05, 3.63) is 271 Å². The quantitative estimate of drug-likeness (QED) is 0.174. The summed E-state index contributed by atoms with van der Waals surface area (Å²) in [6.45, 7) is 0. The van der Waals surface area contributed by atoms with Gasteiger partial charge in [0.05, 0.1) is 5.41 Å². The van der Waals surface area contributed by atoms with Crippen molar-refractivity contribution in [2.75, 3.05) is 4.90 Å². The second-order valence-corrected chi connectivity index (χ2v) is 19.8. The molecule has 0 saturated heterocycles. The van der Waals surface area contributed by atoms with Crippen LogP contribution in [0, 0.1) is 0 Å². The Kier molecular flexibility index (Phi) is 8.48. The van der Waals surface area contributed by atoms with Crippen molar-refractivity contribution in [2.24, 2.45) is 0 Å². The van der Waals surface area contributed by atoms with Gasteiger partial charge >= 0.3 is 0 Å². The molecule has 70 heavy (non-hydrogen) atoms. The lowest BCUT2D eigenvalue weighted by Crippen LogP contribution is -2.29. The number of rotatable bonds is 4. The number of fused-ring (bicyclic) bond motifs is 20. The molecule has 2 nitrogen and oxygen atoms in total. The Labute approximate surface area is 410 Å². The first-order valence-electron chi connectivity index (χ1n) is 24.1. The van der Waals surface area contributed by atoms with E-state index in [0.717, 1.165) is 50.8 Å². The maximum absolute atomic E-state index is 6.68. The predicted molar refractivity (Wildman–Crippen MR) is 292 cm³/mol. The fourth-order valence-electron chi connectivity index (χ4n) is 12.1. The molecule has 1 aliphatic heterocycles. The van der Waals surface area contributed by atoms with Crippen molar-refractivity contribution in [3.63, 3.8) is 0 Å². The van der Waals surface area contributed by atoms with E-state index in [1.807, 2.05) is 11.3 Å². The van der Waals surface area contributed by atoms with Crippen LogP contribution >= 0.6 is 11.3 Å². The van der Waals surface area contributed by atoms with E-state index in [1.54, 1.807) is 0 Å². The van der Waals surface area contributed by atoms with Crippen LogP contribution < -0.4 is 9.64 Å². The highest BCUT2D eigenvalue weighted by Gasteiger charge is 2.50. The summed E-state index contributed by atoms with van der Waals surface area (Å²) in [4.78, 5) is 2.46. The lowest BCUT2D eigenvalue weighted by atomic mass is 9.65. The molecule has 1 spiro atoms. The van der Waals surface area contributed by atoms with E-state index in [4.69, 9.17) is 4.74 Å².